The lowest BCUT2D eigenvalue weighted by atomic mass is 10.00. The first kappa shape index (κ1) is 11.7. The summed E-state index contributed by atoms with van der Waals surface area (Å²) < 4.78 is 4.58. The minimum Gasteiger partial charge on any atom is -0.468 e. The average Bonchev–Trinajstić information content (AvgIpc) is 2.20. The molecule has 0 saturated heterocycles. The van der Waals surface area contributed by atoms with Gasteiger partial charge in [0.15, 0.2) is 0 Å². The molecule has 0 aliphatic carbocycles. The number of aryl methyl sites for hydroxylation is 2. The number of rotatable bonds is 3. The largest absolute Gasteiger partial charge is 0.468 e. The zero-order valence-electron chi connectivity index (χ0n) is 9.41. The Balaban J connectivity index is 2.76. The van der Waals surface area contributed by atoms with E-state index in [1.165, 1.54) is 12.7 Å². The minimum atomic E-state index is -0.573. The summed E-state index contributed by atoms with van der Waals surface area (Å²) in [5, 5.41) is 0. The first-order valence-electron chi connectivity index (χ1n) is 4.94. The Hall–Kier alpha value is -1.35. The van der Waals surface area contributed by atoms with Crippen molar-refractivity contribution in [3.8, 4) is 0 Å². The lowest BCUT2D eigenvalue weighted by molar-refractivity contribution is -0.142. The van der Waals surface area contributed by atoms with Crippen LogP contribution in [0.1, 0.15) is 16.7 Å². The van der Waals surface area contributed by atoms with Crippen LogP contribution in [0.3, 0.4) is 0 Å². The van der Waals surface area contributed by atoms with E-state index < -0.39 is 6.04 Å². The van der Waals surface area contributed by atoms with Gasteiger partial charge < -0.3 is 10.5 Å². The Bertz CT molecular complexity index is 361. The van der Waals surface area contributed by atoms with Crippen molar-refractivity contribution < 1.29 is 9.53 Å². The van der Waals surface area contributed by atoms with Crippen LogP contribution in [-0.4, -0.2) is 19.1 Å². The summed E-state index contributed by atoms with van der Waals surface area (Å²) in [7, 11) is 1.35. The fourth-order valence-electron chi connectivity index (χ4n) is 1.55. The number of benzene rings is 1. The van der Waals surface area contributed by atoms with E-state index in [0.29, 0.717) is 6.42 Å². The summed E-state index contributed by atoms with van der Waals surface area (Å²) in [6.07, 6.45) is 0.527. The molecule has 0 aromatic heterocycles. The smallest absolute Gasteiger partial charge is 0.322 e. The number of ether oxygens (including phenoxy) is 1. The molecule has 2 N–H and O–H groups in total. The molecule has 3 heteroatoms. The Morgan fingerprint density at radius 3 is 2.67 bits per heavy atom. The first-order valence-corrected chi connectivity index (χ1v) is 4.94. The molecule has 1 rings (SSSR count). The summed E-state index contributed by atoms with van der Waals surface area (Å²) in [6.45, 7) is 4.06. The van der Waals surface area contributed by atoms with Gasteiger partial charge in [0.25, 0.3) is 0 Å². The highest BCUT2D eigenvalue weighted by Crippen LogP contribution is 2.12. The van der Waals surface area contributed by atoms with Gasteiger partial charge in [0.2, 0.25) is 0 Å². The molecular formula is C12H17NO2. The normalized spacial score (nSPS) is 12.3. The molecule has 0 radical (unpaired) electrons. The highest BCUT2D eigenvalue weighted by Gasteiger charge is 2.14. The minimum absolute atomic E-state index is 0.366. The molecule has 0 aliphatic heterocycles. The number of hydrogen-bond donors (Lipinski definition) is 1. The summed E-state index contributed by atoms with van der Waals surface area (Å²) in [5.41, 5.74) is 9.16. The molecule has 1 atom stereocenters. The van der Waals surface area contributed by atoms with Gasteiger partial charge in [0.05, 0.1) is 7.11 Å². The molecule has 1 aromatic rings. The number of hydrogen-bond acceptors (Lipinski definition) is 3. The number of methoxy groups -OCH3 is 1. The third-order valence-electron chi connectivity index (χ3n) is 2.44. The molecule has 0 heterocycles. The second-order valence-corrected chi connectivity index (χ2v) is 3.76. The van der Waals surface area contributed by atoms with Crippen molar-refractivity contribution in [1.29, 1.82) is 0 Å². The lowest BCUT2D eigenvalue weighted by Gasteiger charge is -2.11. The molecule has 0 saturated carbocycles. The molecule has 0 spiro atoms. The maximum absolute atomic E-state index is 11.1. The maximum Gasteiger partial charge on any atom is 0.322 e. The van der Waals surface area contributed by atoms with Crippen molar-refractivity contribution in [3.63, 3.8) is 0 Å². The number of nitrogens with two attached hydrogens (primary N) is 1. The lowest BCUT2D eigenvalue weighted by Crippen LogP contribution is -2.33. The predicted molar refractivity (Wildman–Crippen MR) is 59.6 cm³/mol. The van der Waals surface area contributed by atoms with Crippen molar-refractivity contribution in [2.24, 2.45) is 5.73 Å². The monoisotopic (exact) mass is 207 g/mol. The zero-order chi connectivity index (χ0) is 11.4. The predicted octanol–water partition coefficient (Wildman–Crippen LogP) is 1.35. The van der Waals surface area contributed by atoms with E-state index in [2.05, 4.69) is 10.8 Å². The Morgan fingerprint density at radius 2 is 2.13 bits per heavy atom. The number of carbonyl (C=O) groups is 1. The van der Waals surface area contributed by atoms with Crippen LogP contribution in [0.25, 0.3) is 0 Å². The Kier molecular flexibility index (Phi) is 3.86. The maximum atomic E-state index is 11.1. The number of esters is 1. The van der Waals surface area contributed by atoms with E-state index in [0.717, 1.165) is 11.1 Å². The van der Waals surface area contributed by atoms with Gasteiger partial charge in [-0.2, -0.15) is 0 Å². The van der Waals surface area contributed by atoms with Gasteiger partial charge >= 0.3 is 5.97 Å². The standard InChI is InChI=1S/C12H17NO2/c1-8-4-5-10(9(2)6-8)7-11(13)12(14)15-3/h4-6,11H,7,13H2,1-3H3. The van der Waals surface area contributed by atoms with Crippen LogP contribution in [0.2, 0.25) is 0 Å². The average molecular weight is 207 g/mol. The van der Waals surface area contributed by atoms with Gasteiger partial charge in [0, 0.05) is 0 Å². The second-order valence-electron chi connectivity index (χ2n) is 3.76. The van der Waals surface area contributed by atoms with Crippen LogP contribution < -0.4 is 5.73 Å². The Morgan fingerprint density at radius 1 is 1.47 bits per heavy atom. The van der Waals surface area contributed by atoms with Crippen molar-refractivity contribution in [2.45, 2.75) is 26.3 Å². The van der Waals surface area contributed by atoms with Gasteiger partial charge in [-0.1, -0.05) is 23.8 Å². The van der Waals surface area contributed by atoms with Crippen LogP contribution in [-0.2, 0) is 16.0 Å². The third kappa shape index (κ3) is 3.06. The fraction of sp³-hybridized carbons (Fsp3) is 0.417. The van der Waals surface area contributed by atoms with E-state index in [1.807, 2.05) is 26.0 Å². The SMILES string of the molecule is COC(=O)C(N)Cc1ccc(C)cc1C. The van der Waals surface area contributed by atoms with Crippen LogP contribution >= 0.6 is 0 Å². The van der Waals surface area contributed by atoms with E-state index in [-0.39, 0.29) is 5.97 Å². The molecule has 15 heavy (non-hydrogen) atoms. The molecule has 82 valence electrons. The van der Waals surface area contributed by atoms with Gasteiger partial charge in [-0.3, -0.25) is 4.79 Å². The molecule has 1 aromatic carbocycles. The summed E-state index contributed by atoms with van der Waals surface area (Å²) in [6, 6.07) is 5.54. The fourth-order valence-corrected chi connectivity index (χ4v) is 1.55. The van der Waals surface area contributed by atoms with Gasteiger partial charge in [-0.15, -0.1) is 0 Å². The van der Waals surface area contributed by atoms with Crippen molar-refractivity contribution in [3.05, 3.63) is 34.9 Å². The quantitative estimate of drug-likeness (QED) is 0.761. The van der Waals surface area contributed by atoms with Gasteiger partial charge in [0.1, 0.15) is 6.04 Å². The molecule has 1 unspecified atom stereocenters. The van der Waals surface area contributed by atoms with Crippen LogP contribution in [0.5, 0.6) is 0 Å². The zero-order valence-corrected chi connectivity index (χ0v) is 9.41. The summed E-state index contributed by atoms with van der Waals surface area (Å²) in [5.74, 6) is -0.366. The molecular weight excluding hydrogens is 190 g/mol. The van der Waals surface area contributed by atoms with Crippen molar-refractivity contribution in [1.82, 2.24) is 0 Å². The first-order chi connectivity index (χ1) is 7.04. The van der Waals surface area contributed by atoms with E-state index in [9.17, 15) is 4.79 Å². The highest BCUT2D eigenvalue weighted by molar-refractivity contribution is 5.75. The van der Waals surface area contributed by atoms with Crippen LogP contribution in [0.4, 0.5) is 0 Å². The van der Waals surface area contributed by atoms with E-state index in [1.54, 1.807) is 0 Å². The molecule has 0 amide bonds. The topological polar surface area (TPSA) is 52.3 Å². The summed E-state index contributed by atoms with van der Waals surface area (Å²) >= 11 is 0. The number of carbonyl (C=O) groups excluding carboxylic acids is 1. The van der Waals surface area contributed by atoms with Crippen LogP contribution in [0.15, 0.2) is 18.2 Å². The highest BCUT2D eigenvalue weighted by atomic mass is 16.5. The third-order valence-corrected chi connectivity index (χ3v) is 2.44. The molecule has 0 bridgehead atoms. The Labute approximate surface area is 90.2 Å². The van der Waals surface area contributed by atoms with Crippen LogP contribution in [0, 0.1) is 13.8 Å². The van der Waals surface area contributed by atoms with E-state index >= 15 is 0 Å². The molecule has 0 fully saturated rings. The molecule has 3 nitrogen and oxygen atoms in total. The van der Waals surface area contributed by atoms with Gasteiger partial charge in [-0.05, 0) is 31.4 Å². The van der Waals surface area contributed by atoms with Gasteiger partial charge in [-0.25, -0.2) is 0 Å². The van der Waals surface area contributed by atoms with Crippen molar-refractivity contribution in [2.75, 3.05) is 7.11 Å². The second kappa shape index (κ2) is 4.94. The van der Waals surface area contributed by atoms with Crippen molar-refractivity contribution >= 4 is 5.97 Å². The van der Waals surface area contributed by atoms with E-state index in [4.69, 9.17) is 5.73 Å². The summed E-state index contributed by atoms with van der Waals surface area (Å²) in [4.78, 5) is 11.1. The molecule has 0 aliphatic rings.